The molecule has 8 nitrogen and oxygen atoms in total. The van der Waals surface area contributed by atoms with Gasteiger partial charge < -0.3 is 15.0 Å². The summed E-state index contributed by atoms with van der Waals surface area (Å²) >= 11 is 0. The minimum Gasteiger partial charge on any atom is -0.370 e. The van der Waals surface area contributed by atoms with Gasteiger partial charge >= 0.3 is 0 Å². The number of nitrogens with one attached hydrogen (secondary N) is 1. The number of guanidine groups is 1. The van der Waals surface area contributed by atoms with Crippen molar-refractivity contribution in [2.24, 2.45) is 12.0 Å². The first-order chi connectivity index (χ1) is 13.1. The fraction of sp³-hybridized carbons (Fsp3) is 0.632. The minimum atomic E-state index is 0.0333. The van der Waals surface area contributed by atoms with Crippen LogP contribution in [0.5, 0.6) is 0 Å². The molecule has 3 heterocycles. The Hall–Kier alpha value is -2.35. The first kappa shape index (κ1) is 19.4. The Morgan fingerprint density at radius 1 is 1.41 bits per heavy atom. The summed E-state index contributed by atoms with van der Waals surface area (Å²) in [5, 5.41) is 12.2. The Morgan fingerprint density at radius 3 is 2.93 bits per heavy atom. The number of aryl methyl sites for hydroxylation is 4. The second-order valence-electron chi connectivity index (χ2n) is 6.99. The predicted octanol–water partition coefficient (Wildman–Crippen LogP) is 1.66. The van der Waals surface area contributed by atoms with Crippen LogP contribution in [-0.2, 0) is 18.3 Å². The third-order valence-electron chi connectivity index (χ3n) is 4.69. The second-order valence-corrected chi connectivity index (χ2v) is 6.99. The van der Waals surface area contributed by atoms with Gasteiger partial charge in [0.2, 0.25) is 0 Å². The molecule has 2 aromatic heterocycles. The van der Waals surface area contributed by atoms with Crippen molar-refractivity contribution in [2.45, 2.75) is 39.8 Å². The van der Waals surface area contributed by atoms with Crippen molar-refractivity contribution in [1.29, 1.82) is 0 Å². The van der Waals surface area contributed by atoms with Crippen LogP contribution in [0.4, 0.5) is 0 Å². The van der Waals surface area contributed by atoms with Gasteiger partial charge in [0.15, 0.2) is 5.96 Å². The summed E-state index contributed by atoms with van der Waals surface area (Å²) in [7, 11) is 1.93. The van der Waals surface area contributed by atoms with E-state index in [0.717, 1.165) is 56.4 Å². The fourth-order valence-corrected chi connectivity index (χ4v) is 3.38. The highest BCUT2D eigenvalue weighted by molar-refractivity contribution is 5.80. The van der Waals surface area contributed by atoms with Crippen molar-refractivity contribution in [3.05, 3.63) is 35.4 Å². The molecule has 1 unspecified atom stereocenters. The summed E-state index contributed by atoms with van der Waals surface area (Å²) in [5.74, 6) is 0.961. The van der Waals surface area contributed by atoms with Gasteiger partial charge in [-0.15, -0.1) is 0 Å². The van der Waals surface area contributed by atoms with E-state index in [0.29, 0.717) is 6.61 Å². The smallest absolute Gasteiger partial charge is 0.194 e. The molecule has 0 aliphatic carbocycles. The third-order valence-corrected chi connectivity index (χ3v) is 4.69. The topological polar surface area (TPSA) is 72.5 Å². The average Bonchev–Trinajstić information content (AvgIpc) is 3.22. The lowest BCUT2D eigenvalue weighted by atomic mass is 10.1. The maximum absolute atomic E-state index is 5.95. The summed E-state index contributed by atoms with van der Waals surface area (Å²) < 4.78 is 9.82. The van der Waals surface area contributed by atoms with Crippen molar-refractivity contribution in [3.8, 4) is 0 Å². The number of hydrogen-bond acceptors (Lipinski definition) is 4. The first-order valence-electron chi connectivity index (χ1n) is 9.71. The number of aromatic nitrogens is 4. The van der Waals surface area contributed by atoms with Crippen LogP contribution in [0.3, 0.4) is 0 Å². The van der Waals surface area contributed by atoms with Gasteiger partial charge in [-0.3, -0.25) is 14.4 Å². The van der Waals surface area contributed by atoms with Crippen molar-refractivity contribution >= 4 is 5.96 Å². The van der Waals surface area contributed by atoms with E-state index in [4.69, 9.17) is 9.73 Å². The fourth-order valence-electron chi connectivity index (χ4n) is 3.38. The lowest BCUT2D eigenvalue weighted by Crippen LogP contribution is -2.48. The quantitative estimate of drug-likeness (QED) is 0.474. The average molecular weight is 374 g/mol. The summed E-state index contributed by atoms with van der Waals surface area (Å²) in [6.07, 6.45) is 4.90. The summed E-state index contributed by atoms with van der Waals surface area (Å²) in [4.78, 5) is 7.12. The number of hydrogen-bond donors (Lipinski definition) is 1. The number of ether oxygens (including phenoxy) is 1. The molecule has 1 aliphatic rings. The number of nitrogens with zero attached hydrogens (tertiary/aromatic N) is 6. The third kappa shape index (κ3) is 5.09. The van der Waals surface area contributed by atoms with Crippen LogP contribution in [-0.4, -0.2) is 63.2 Å². The van der Waals surface area contributed by atoms with Gasteiger partial charge in [-0.05, 0) is 33.3 Å². The van der Waals surface area contributed by atoms with Gasteiger partial charge in [-0.1, -0.05) is 0 Å². The normalized spacial score (nSPS) is 18.1. The minimum absolute atomic E-state index is 0.0333. The zero-order valence-electron chi connectivity index (χ0n) is 16.9. The molecule has 3 rings (SSSR count). The Balaban J connectivity index is 1.58. The van der Waals surface area contributed by atoms with Crippen LogP contribution in [0, 0.1) is 13.8 Å². The van der Waals surface area contributed by atoms with Gasteiger partial charge in [0.25, 0.3) is 0 Å². The van der Waals surface area contributed by atoms with Crippen molar-refractivity contribution < 1.29 is 4.74 Å². The highest BCUT2D eigenvalue weighted by Crippen LogP contribution is 2.21. The Bertz CT molecular complexity index is 764. The monoisotopic (exact) mass is 373 g/mol. The largest absolute Gasteiger partial charge is 0.370 e. The van der Waals surface area contributed by atoms with Crippen molar-refractivity contribution in [2.75, 3.05) is 32.8 Å². The lowest BCUT2D eigenvalue weighted by Gasteiger charge is -2.34. The zero-order valence-corrected chi connectivity index (χ0v) is 16.9. The summed E-state index contributed by atoms with van der Waals surface area (Å²) in [6, 6.07) is 2.11. The zero-order chi connectivity index (χ0) is 19.2. The van der Waals surface area contributed by atoms with Gasteiger partial charge in [0, 0.05) is 50.7 Å². The van der Waals surface area contributed by atoms with E-state index in [1.165, 1.54) is 5.69 Å². The van der Waals surface area contributed by atoms with Crippen LogP contribution >= 0.6 is 0 Å². The first-order valence-corrected chi connectivity index (χ1v) is 9.71. The van der Waals surface area contributed by atoms with Gasteiger partial charge in [-0.25, -0.2) is 0 Å². The standard InChI is InChI=1S/C19H31N7O/c1-5-20-19(21-7-6-8-26-16(3)11-15(2)23-26)25-9-10-27-18(14-25)17-12-22-24(4)13-17/h11-13,18H,5-10,14H2,1-4H3,(H,20,21). The molecule has 2 aromatic rings. The molecule has 8 heteroatoms. The van der Waals surface area contributed by atoms with Gasteiger partial charge in [0.1, 0.15) is 6.10 Å². The maximum atomic E-state index is 5.95. The number of morpholine rings is 1. The molecular weight excluding hydrogens is 342 g/mol. The molecule has 0 radical (unpaired) electrons. The molecule has 1 fully saturated rings. The summed E-state index contributed by atoms with van der Waals surface area (Å²) in [5.41, 5.74) is 3.39. The predicted molar refractivity (Wildman–Crippen MR) is 106 cm³/mol. The molecule has 1 saturated heterocycles. The van der Waals surface area contributed by atoms with E-state index in [-0.39, 0.29) is 6.10 Å². The molecule has 1 N–H and O–H groups in total. The lowest BCUT2D eigenvalue weighted by molar-refractivity contribution is -0.00804. The van der Waals surface area contributed by atoms with Crippen LogP contribution < -0.4 is 5.32 Å². The number of rotatable bonds is 6. The van der Waals surface area contributed by atoms with Gasteiger partial charge in [0.05, 0.1) is 25.0 Å². The molecular formula is C19H31N7O. The van der Waals surface area contributed by atoms with Crippen molar-refractivity contribution in [1.82, 2.24) is 29.8 Å². The van der Waals surface area contributed by atoms with E-state index < -0.39 is 0 Å². The van der Waals surface area contributed by atoms with Crippen LogP contribution in [0.2, 0.25) is 0 Å². The van der Waals surface area contributed by atoms with E-state index in [9.17, 15) is 0 Å². The highest BCUT2D eigenvalue weighted by Gasteiger charge is 2.25. The van der Waals surface area contributed by atoms with Crippen LogP contribution in [0.15, 0.2) is 23.5 Å². The molecule has 1 atom stereocenters. The Kier molecular flexibility index (Phi) is 6.49. The molecule has 1 aliphatic heterocycles. The Labute approximate surface area is 161 Å². The molecule has 0 amide bonds. The number of aliphatic imine (C=N–C) groups is 1. The van der Waals surface area contributed by atoms with Crippen molar-refractivity contribution in [3.63, 3.8) is 0 Å². The second kappa shape index (κ2) is 9.03. The molecule has 0 saturated carbocycles. The van der Waals surface area contributed by atoms with E-state index >= 15 is 0 Å². The van der Waals surface area contributed by atoms with Crippen LogP contribution in [0.1, 0.15) is 36.4 Å². The SMILES string of the molecule is CCNC(=NCCCn1nc(C)cc1C)N1CCOC(c2cnn(C)c2)C1. The Morgan fingerprint density at radius 2 is 2.26 bits per heavy atom. The maximum Gasteiger partial charge on any atom is 0.194 e. The molecule has 0 bridgehead atoms. The van der Waals surface area contributed by atoms with E-state index in [2.05, 4.69) is 45.0 Å². The molecule has 148 valence electrons. The highest BCUT2D eigenvalue weighted by atomic mass is 16.5. The van der Waals surface area contributed by atoms with Gasteiger partial charge in [-0.2, -0.15) is 10.2 Å². The molecule has 0 aromatic carbocycles. The van der Waals surface area contributed by atoms with Crippen LogP contribution in [0.25, 0.3) is 0 Å². The molecule has 27 heavy (non-hydrogen) atoms. The van der Waals surface area contributed by atoms with E-state index in [1.54, 1.807) is 0 Å². The summed E-state index contributed by atoms with van der Waals surface area (Å²) in [6.45, 7) is 11.1. The van der Waals surface area contributed by atoms with E-state index in [1.807, 2.05) is 31.0 Å². The molecule has 0 spiro atoms.